The van der Waals surface area contributed by atoms with Gasteiger partial charge in [-0.25, -0.2) is 9.59 Å². The molecule has 2 unspecified atom stereocenters. The summed E-state index contributed by atoms with van der Waals surface area (Å²) in [4.78, 5) is 34.9. The normalized spacial score (nSPS) is 26.9. The fraction of sp³-hybridized carbons (Fsp3) is 0.615. The van der Waals surface area contributed by atoms with E-state index in [1.54, 1.807) is 6.92 Å². The van der Waals surface area contributed by atoms with Crippen molar-refractivity contribution < 1.29 is 28.6 Å². The topological polar surface area (TPSA) is 78.9 Å². The maximum atomic E-state index is 12.0. The molecule has 6 heteroatoms. The lowest BCUT2D eigenvalue weighted by molar-refractivity contribution is -0.248. The van der Waals surface area contributed by atoms with Gasteiger partial charge in [-0.3, -0.25) is 4.79 Å². The van der Waals surface area contributed by atoms with Crippen LogP contribution in [0.1, 0.15) is 33.6 Å². The molecule has 1 fully saturated rings. The first-order valence-corrected chi connectivity index (χ1v) is 6.05. The van der Waals surface area contributed by atoms with E-state index >= 15 is 0 Å². The largest absolute Gasteiger partial charge is 0.460 e. The molecule has 0 radical (unpaired) electrons. The highest BCUT2D eigenvalue weighted by Crippen LogP contribution is 2.32. The number of ether oxygens (including phenoxy) is 3. The van der Waals surface area contributed by atoms with E-state index < -0.39 is 29.6 Å². The molecule has 1 saturated heterocycles. The molecule has 19 heavy (non-hydrogen) atoms. The summed E-state index contributed by atoms with van der Waals surface area (Å²) in [5.74, 6) is -4.89. The first-order valence-electron chi connectivity index (χ1n) is 6.05. The van der Waals surface area contributed by atoms with Crippen LogP contribution in [0.2, 0.25) is 0 Å². The molecule has 0 aromatic rings. The Kier molecular flexibility index (Phi) is 4.69. The highest BCUT2D eigenvalue weighted by atomic mass is 16.8. The van der Waals surface area contributed by atoms with Gasteiger partial charge in [0.15, 0.2) is 0 Å². The molecule has 1 heterocycles. The molecule has 0 aromatic heterocycles. The van der Waals surface area contributed by atoms with Crippen molar-refractivity contribution in [1.82, 2.24) is 0 Å². The van der Waals surface area contributed by atoms with Gasteiger partial charge in [-0.2, -0.15) is 0 Å². The number of hydrogen-bond donors (Lipinski definition) is 0. The lowest BCUT2D eigenvalue weighted by atomic mass is 9.96. The van der Waals surface area contributed by atoms with Crippen molar-refractivity contribution >= 4 is 17.9 Å². The van der Waals surface area contributed by atoms with E-state index in [0.29, 0.717) is 12.8 Å². The number of carbonyl (C=O) groups is 3. The first-order chi connectivity index (χ1) is 8.79. The van der Waals surface area contributed by atoms with Gasteiger partial charge < -0.3 is 14.2 Å². The summed E-state index contributed by atoms with van der Waals surface area (Å²) in [5.41, 5.74) is 0.107. The zero-order chi connectivity index (χ0) is 14.6. The van der Waals surface area contributed by atoms with Crippen LogP contribution in [0.5, 0.6) is 0 Å². The zero-order valence-corrected chi connectivity index (χ0v) is 11.4. The van der Waals surface area contributed by atoms with E-state index in [1.165, 1.54) is 6.92 Å². The standard InChI is InChI=1S/C13H18O6/c1-8(2)11(15)19-13(18-10(4)14)9(3)6-5-7-17-12(13)16/h9H,1,5-7H2,2-4H3. The van der Waals surface area contributed by atoms with Crippen LogP contribution >= 0.6 is 0 Å². The van der Waals surface area contributed by atoms with Crippen molar-refractivity contribution in [2.75, 3.05) is 6.61 Å². The summed E-state index contributed by atoms with van der Waals surface area (Å²) >= 11 is 0. The predicted octanol–water partition coefficient (Wildman–Crippen LogP) is 1.34. The molecule has 0 N–H and O–H groups in total. The third-order valence-electron chi connectivity index (χ3n) is 2.84. The van der Waals surface area contributed by atoms with Crippen molar-refractivity contribution in [3.8, 4) is 0 Å². The summed E-state index contributed by atoms with van der Waals surface area (Å²) in [5, 5.41) is 0. The molecule has 2 atom stereocenters. The molecule has 0 saturated carbocycles. The third kappa shape index (κ3) is 3.33. The Morgan fingerprint density at radius 3 is 2.53 bits per heavy atom. The number of carbonyl (C=O) groups excluding carboxylic acids is 3. The lowest BCUT2D eigenvalue weighted by Crippen LogP contribution is -2.52. The average molecular weight is 270 g/mol. The van der Waals surface area contributed by atoms with Crippen LogP contribution in [0.15, 0.2) is 12.2 Å². The minimum atomic E-state index is -2.02. The minimum absolute atomic E-state index is 0.107. The molecular weight excluding hydrogens is 252 g/mol. The summed E-state index contributed by atoms with van der Waals surface area (Å²) in [6.07, 6.45) is 1.14. The Balaban J connectivity index is 3.13. The van der Waals surface area contributed by atoms with Crippen LogP contribution < -0.4 is 0 Å². The van der Waals surface area contributed by atoms with E-state index in [9.17, 15) is 14.4 Å². The molecule has 6 nitrogen and oxygen atoms in total. The second-order valence-electron chi connectivity index (χ2n) is 4.61. The monoisotopic (exact) mass is 270 g/mol. The van der Waals surface area contributed by atoms with Crippen LogP contribution in [0, 0.1) is 5.92 Å². The second kappa shape index (κ2) is 5.86. The molecule has 1 rings (SSSR count). The van der Waals surface area contributed by atoms with Crippen LogP contribution in [0.25, 0.3) is 0 Å². The van der Waals surface area contributed by atoms with Crippen molar-refractivity contribution in [2.45, 2.75) is 39.4 Å². The quantitative estimate of drug-likeness (QED) is 0.437. The fourth-order valence-corrected chi connectivity index (χ4v) is 1.79. The highest BCUT2D eigenvalue weighted by molar-refractivity contribution is 5.91. The SMILES string of the molecule is C=C(C)C(=O)OC1(OC(C)=O)C(=O)OCCCC1C. The number of esters is 3. The number of cyclic esters (lactones) is 1. The maximum absolute atomic E-state index is 12.0. The van der Waals surface area contributed by atoms with Gasteiger partial charge in [0.25, 0.3) is 0 Å². The average Bonchev–Trinajstić information content (AvgIpc) is 2.42. The Morgan fingerprint density at radius 2 is 2.00 bits per heavy atom. The van der Waals surface area contributed by atoms with Crippen molar-refractivity contribution in [3.63, 3.8) is 0 Å². The molecule has 0 bridgehead atoms. The molecule has 0 amide bonds. The van der Waals surface area contributed by atoms with E-state index in [-0.39, 0.29) is 12.2 Å². The van der Waals surface area contributed by atoms with E-state index in [4.69, 9.17) is 14.2 Å². The summed E-state index contributed by atoms with van der Waals surface area (Å²) < 4.78 is 15.1. The van der Waals surface area contributed by atoms with Crippen molar-refractivity contribution in [2.24, 2.45) is 5.92 Å². The van der Waals surface area contributed by atoms with Crippen molar-refractivity contribution in [1.29, 1.82) is 0 Å². The van der Waals surface area contributed by atoms with Gasteiger partial charge in [-0.1, -0.05) is 13.5 Å². The van der Waals surface area contributed by atoms with Gasteiger partial charge in [0.1, 0.15) is 0 Å². The molecule has 1 aliphatic heterocycles. The van der Waals surface area contributed by atoms with Crippen LogP contribution in [0.3, 0.4) is 0 Å². The Labute approximate surface area is 111 Å². The number of hydrogen-bond acceptors (Lipinski definition) is 6. The molecule has 0 aliphatic carbocycles. The highest BCUT2D eigenvalue weighted by Gasteiger charge is 2.53. The van der Waals surface area contributed by atoms with E-state index in [0.717, 1.165) is 6.92 Å². The van der Waals surface area contributed by atoms with E-state index in [2.05, 4.69) is 6.58 Å². The van der Waals surface area contributed by atoms with Crippen LogP contribution in [0.4, 0.5) is 0 Å². The fourth-order valence-electron chi connectivity index (χ4n) is 1.79. The molecular formula is C13H18O6. The predicted molar refractivity (Wildman–Crippen MR) is 64.8 cm³/mol. The van der Waals surface area contributed by atoms with Gasteiger partial charge in [0.05, 0.1) is 6.61 Å². The van der Waals surface area contributed by atoms with Gasteiger partial charge in [-0.15, -0.1) is 0 Å². The third-order valence-corrected chi connectivity index (χ3v) is 2.84. The maximum Gasteiger partial charge on any atom is 0.393 e. The molecule has 0 spiro atoms. The zero-order valence-electron chi connectivity index (χ0n) is 11.4. The van der Waals surface area contributed by atoms with Crippen molar-refractivity contribution in [3.05, 3.63) is 12.2 Å². The lowest BCUT2D eigenvalue weighted by Gasteiger charge is -2.32. The molecule has 106 valence electrons. The first kappa shape index (κ1) is 15.2. The molecule has 1 aliphatic rings. The Hall–Kier alpha value is -1.85. The minimum Gasteiger partial charge on any atom is -0.460 e. The smallest absolute Gasteiger partial charge is 0.393 e. The van der Waals surface area contributed by atoms with Gasteiger partial charge in [0.2, 0.25) is 0 Å². The summed E-state index contributed by atoms with van der Waals surface area (Å²) in [6.45, 7) is 7.89. The summed E-state index contributed by atoms with van der Waals surface area (Å²) in [7, 11) is 0. The molecule has 0 aromatic carbocycles. The van der Waals surface area contributed by atoms with Gasteiger partial charge >= 0.3 is 23.7 Å². The Morgan fingerprint density at radius 1 is 1.37 bits per heavy atom. The van der Waals surface area contributed by atoms with Crippen LogP contribution in [-0.2, 0) is 28.6 Å². The van der Waals surface area contributed by atoms with Crippen LogP contribution in [-0.4, -0.2) is 30.3 Å². The van der Waals surface area contributed by atoms with E-state index in [1.807, 2.05) is 0 Å². The Bertz CT molecular complexity index is 413. The number of rotatable bonds is 3. The van der Waals surface area contributed by atoms with Gasteiger partial charge in [0, 0.05) is 18.4 Å². The second-order valence-corrected chi connectivity index (χ2v) is 4.61. The van der Waals surface area contributed by atoms with Gasteiger partial charge in [-0.05, 0) is 19.8 Å². The summed E-state index contributed by atoms with van der Waals surface area (Å²) in [6, 6.07) is 0.